The van der Waals surface area contributed by atoms with Gasteiger partial charge in [-0.05, 0) is 35.3 Å². The molecular formula is C10H11BrO2. The molecule has 13 heavy (non-hydrogen) atoms. The number of aliphatic hydroxyl groups excluding tert-OH is 1. The normalized spacial score (nSPS) is 11.9. The van der Waals surface area contributed by atoms with Crippen molar-refractivity contribution >= 4 is 15.9 Å². The second kappa shape index (κ2) is 5.11. The molecule has 0 fully saturated rings. The van der Waals surface area contributed by atoms with Gasteiger partial charge in [0.05, 0.1) is 12.4 Å². The first-order valence-corrected chi connectivity index (χ1v) is 4.85. The highest BCUT2D eigenvalue weighted by Crippen LogP contribution is 2.26. The summed E-state index contributed by atoms with van der Waals surface area (Å²) in [5.74, 6) is 5.69. The van der Waals surface area contributed by atoms with Gasteiger partial charge in [-0.15, -0.1) is 11.8 Å². The van der Waals surface area contributed by atoms with Gasteiger partial charge in [-0.3, -0.25) is 0 Å². The number of furan rings is 1. The van der Waals surface area contributed by atoms with Crippen LogP contribution in [0.1, 0.15) is 31.4 Å². The second-order valence-corrected chi connectivity index (χ2v) is 3.35. The van der Waals surface area contributed by atoms with Gasteiger partial charge < -0.3 is 9.52 Å². The van der Waals surface area contributed by atoms with E-state index in [-0.39, 0.29) is 0 Å². The van der Waals surface area contributed by atoms with Gasteiger partial charge in [-0.1, -0.05) is 0 Å². The minimum Gasteiger partial charge on any atom is -0.457 e. The zero-order chi connectivity index (χ0) is 9.68. The molecule has 1 unspecified atom stereocenters. The fraction of sp³-hybridized carbons (Fsp3) is 0.400. The molecule has 0 bridgehead atoms. The first kappa shape index (κ1) is 10.4. The van der Waals surface area contributed by atoms with Gasteiger partial charge in [0.2, 0.25) is 0 Å². The summed E-state index contributed by atoms with van der Waals surface area (Å²) in [5.41, 5.74) is 0.790. The van der Waals surface area contributed by atoms with Crippen LogP contribution in [-0.2, 0) is 0 Å². The monoisotopic (exact) mass is 242 g/mol. The average Bonchev–Trinajstić information content (AvgIpc) is 2.52. The van der Waals surface area contributed by atoms with Gasteiger partial charge in [0.25, 0.3) is 0 Å². The number of hydrogen-bond acceptors (Lipinski definition) is 2. The zero-order valence-corrected chi connectivity index (χ0v) is 8.97. The molecule has 0 aliphatic rings. The van der Waals surface area contributed by atoms with E-state index in [0.29, 0.717) is 17.5 Å². The highest BCUT2D eigenvalue weighted by molar-refractivity contribution is 9.10. The molecule has 3 heteroatoms. The Morgan fingerprint density at radius 1 is 1.69 bits per heavy atom. The lowest BCUT2D eigenvalue weighted by Gasteiger charge is -2.05. The minimum absolute atomic E-state index is 0.492. The molecule has 0 aliphatic heterocycles. The minimum atomic E-state index is -0.492. The van der Waals surface area contributed by atoms with Crippen LogP contribution in [0.5, 0.6) is 0 Å². The Bertz CT molecular complexity index is 319. The molecule has 1 N–H and O–H groups in total. The van der Waals surface area contributed by atoms with Crippen molar-refractivity contribution in [3.05, 3.63) is 22.6 Å². The van der Waals surface area contributed by atoms with E-state index in [1.165, 1.54) is 0 Å². The van der Waals surface area contributed by atoms with E-state index in [1.807, 2.05) is 0 Å². The average molecular weight is 243 g/mol. The third kappa shape index (κ3) is 2.91. The van der Waals surface area contributed by atoms with Crippen molar-refractivity contribution in [3.8, 4) is 11.8 Å². The van der Waals surface area contributed by atoms with Crippen LogP contribution >= 0.6 is 15.9 Å². The smallest absolute Gasteiger partial charge is 0.174 e. The highest BCUT2D eigenvalue weighted by Gasteiger charge is 2.12. The lowest BCUT2D eigenvalue weighted by molar-refractivity contribution is 0.167. The van der Waals surface area contributed by atoms with Crippen molar-refractivity contribution in [1.82, 2.24) is 0 Å². The zero-order valence-electron chi connectivity index (χ0n) is 7.38. The van der Waals surface area contributed by atoms with Gasteiger partial charge in [-0.2, -0.15) is 0 Å². The van der Waals surface area contributed by atoms with Crippen LogP contribution in [0.3, 0.4) is 0 Å². The molecule has 1 aromatic heterocycles. The van der Waals surface area contributed by atoms with E-state index in [4.69, 9.17) is 4.42 Å². The van der Waals surface area contributed by atoms with Crippen LogP contribution in [0.25, 0.3) is 0 Å². The van der Waals surface area contributed by atoms with Gasteiger partial charge in [0.1, 0.15) is 0 Å². The summed E-state index contributed by atoms with van der Waals surface area (Å²) in [6.07, 6.45) is 2.40. The van der Waals surface area contributed by atoms with Crippen molar-refractivity contribution in [3.63, 3.8) is 0 Å². The van der Waals surface area contributed by atoms with Gasteiger partial charge in [0, 0.05) is 12.0 Å². The summed E-state index contributed by atoms with van der Waals surface area (Å²) in [4.78, 5) is 0. The summed E-state index contributed by atoms with van der Waals surface area (Å²) in [5, 5.41) is 9.66. The second-order valence-electron chi connectivity index (χ2n) is 2.63. The third-order valence-corrected chi connectivity index (χ3v) is 2.37. The molecule has 0 aliphatic carbocycles. The largest absolute Gasteiger partial charge is 0.457 e. The fourth-order valence-corrected chi connectivity index (χ4v) is 1.54. The van der Waals surface area contributed by atoms with Gasteiger partial charge >= 0.3 is 0 Å². The molecule has 0 amide bonds. The Morgan fingerprint density at radius 2 is 2.46 bits per heavy atom. The molecule has 1 aromatic rings. The molecule has 0 aromatic carbocycles. The summed E-state index contributed by atoms with van der Waals surface area (Å²) < 4.78 is 5.61. The Labute approximate surface area is 86.1 Å². The van der Waals surface area contributed by atoms with Crippen molar-refractivity contribution in [1.29, 1.82) is 0 Å². The number of aliphatic hydroxyl groups is 1. The maximum atomic E-state index is 9.66. The van der Waals surface area contributed by atoms with E-state index in [0.717, 1.165) is 5.56 Å². The number of rotatable bonds is 3. The van der Waals surface area contributed by atoms with Crippen molar-refractivity contribution in [2.45, 2.75) is 25.9 Å². The van der Waals surface area contributed by atoms with Crippen LogP contribution < -0.4 is 0 Å². The molecule has 0 spiro atoms. The molecule has 1 rings (SSSR count). The SMILES string of the molecule is CC#CCCC(O)c1ccoc1Br. The number of halogens is 1. The Balaban J connectivity index is 2.52. The lowest BCUT2D eigenvalue weighted by Crippen LogP contribution is -1.95. The summed E-state index contributed by atoms with van der Waals surface area (Å²) >= 11 is 3.21. The first-order chi connectivity index (χ1) is 6.25. The van der Waals surface area contributed by atoms with E-state index >= 15 is 0 Å². The first-order valence-electron chi connectivity index (χ1n) is 4.06. The van der Waals surface area contributed by atoms with E-state index < -0.39 is 6.10 Å². The molecule has 70 valence electrons. The van der Waals surface area contributed by atoms with Crippen LogP contribution in [0, 0.1) is 11.8 Å². The van der Waals surface area contributed by atoms with E-state index in [2.05, 4.69) is 27.8 Å². The highest BCUT2D eigenvalue weighted by atomic mass is 79.9. The van der Waals surface area contributed by atoms with E-state index in [1.54, 1.807) is 19.3 Å². The molecule has 0 radical (unpaired) electrons. The lowest BCUT2D eigenvalue weighted by atomic mass is 10.1. The summed E-state index contributed by atoms with van der Waals surface area (Å²) in [7, 11) is 0. The molecule has 0 saturated carbocycles. The predicted molar refractivity (Wildman–Crippen MR) is 54.1 cm³/mol. The maximum Gasteiger partial charge on any atom is 0.174 e. The van der Waals surface area contributed by atoms with Crippen LogP contribution in [-0.4, -0.2) is 5.11 Å². The predicted octanol–water partition coefficient (Wildman–Crippen LogP) is 2.88. The Hall–Kier alpha value is -0.720. The quantitative estimate of drug-likeness (QED) is 0.828. The molecule has 2 nitrogen and oxygen atoms in total. The topological polar surface area (TPSA) is 33.4 Å². The fourth-order valence-electron chi connectivity index (χ4n) is 1.03. The Kier molecular flexibility index (Phi) is 4.07. The van der Waals surface area contributed by atoms with Crippen molar-refractivity contribution in [2.24, 2.45) is 0 Å². The Morgan fingerprint density at radius 3 is 3.00 bits per heavy atom. The summed E-state index contributed by atoms with van der Waals surface area (Å²) in [6, 6.07) is 1.76. The number of hydrogen-bond donors (Lipinski definition) is 1. The van der Waals surface area contributed by atoms with Crippen molar-refractivity contribution < 1.29 is 9.52 Å². The maximum absolute atomic E-state index is 9.66. The molecule has 1 heterocycles. The third-order valence-electron chi connectivity index (χ3n) is 1.72. The van der Waals surface area contributed by atoms with Crippen LogP contribution in [0.2, 0.25) is 0 Å². The standard InChI is InChI=1S/C10H11BrO2/c1-2-3-4-5-9(12)8-6-7-13-10(8)11/h6-7,9,12H,4-5H2,1H3. The molecular weight excluding hydrogens is 232 g/mol. The molecule has 1 atom stereocenters. The summed E-state index contributed by atoms with van der Waals surface area (Å²) in [6.45, 7) is 1.79. The van der Waals surface area contributed by atoms with Gasteiger partial charge in [0.15, 0.2) is 4.67 Å². The van der Waals surface area contributed by atoms with Crippen LogP contribution in [0.4, 0.5) is 0 Å². The van der Waals surface area contributed by atoms with Gasteiger partial charge in [-0.25, -0.2) is 0 Å². The van der Waals surface area contributed by atoms with Crippen LogP contribution in [0.15, 0.2) is 21.4 Å². The molecule has 0 saturated heterocycles. The van der Waals surface area contributed by atoms with E-state index in [9.17, 15) is 5.11 Å². The van der Waals surface area contributed by atoms with Crippen molar-refractivity contribution in [2.75, 3.05) is 0 Å².